The molecule has 1 aromatic heterocycles. The highest BCUT2D eigenvalue weighted by atomic mass is 16.7. The highest BCUT2D eigenvalue weighted by Crippen LogP contribution is 2.34. The number of carbonyl (C=O) groups is 1. The third kappa shape index (κ3) is 3.51. The third-order valence-corrected chi connectivity index (χ3v) is 4.43. The summed E-state index contributed by atoms with van der Waals surface area (Å²) in [6.45, 7) is 4.83. The van der Waals surface area contributed by atoms with Gasteiger partial charge in [-0.1, -0.05) is 32.0 Å². The van der Waals surface area contributed by atoms with E-state index in [1.54, 1.807) is 35.0 Å². The van der Waals surface area contributed by atoms with E-state index in [-0.39, 0.29) is 12.4 Å². The Morgan fingerprint density at radius 2 is 1.82 bits per heavy atom. The van der Waals surface area contributed by atoms with Crippen molar-refractivity contribution in [1.29, 1.82) is 0 Å². The van der Waals surface area contributed by atoms with Crippen molar-refractivity contribution >= 4 is 28.2 Å². The predicted molar refractivity (Wildman–Crippen MR) is 108 cm³/mol. The second kappa shape index (κ2) is 7.26. The quantitative estimate of drug-likeness (QED) is 0.717. The zero-order valence-corrected chi connectivity index (χ0v) is 15.7. The SMILES string of the molecule is CC(C)Cn1cc(NC(=O)Nc2ccc3c(c2)OCO3)c2ccccc2c1=O. The molecule has 0 bridgehead atoms. The monoisotopic (exact) mass is 379 g/mol. The first kappa shape index (κ1) is 17.9. The number of anilines is 2. The summed E-state index contributed by atoms with van der Waals surface area (Å²) in [4.78, 5) is 25.3. The van der Waals surface area contributed by atoms with Crippen molar-refractivity contribution in [1.82, 2.24) is 4.57 Å². The Morgan fingerprint density at radius 3 is 2.61 bits per heavy atom. The normalized spacial score (nSPS) is 12.4. The zero-order chi connectivity index (χ0) is 19.7. The van der Waals surface area contributed by atoms with E-state index < -0.39 is 6.03 Å². The molecular formula is C21H21N3O4. The van der Waals surface area contributed by atoms with Gasteiger partial charge in [-0.2, -0.15) is 0 Å². The van der Waals surface area contributed by atoms with Crippen LogP contribution in [0.2, 0.25) is 0 Å². The molecule has 7 heteroatoms. The van der Waals surface area contributed by atoms with Crippen LogP contribution < -0.4 is 25.7 Å². The number of hydrogen-bond donors (Lipinski definition) is 2. The van der Waals surface area contributed by atoms with E-state index in [0.717, 1.165) is 0 Å². The molecular weight excluding hydrogens is 358 g/mol. The van der Waals surface area contributed by atoms with Crippen molar-refractivity contribution in [3.63, 3.8) is 0 Å². The highest BCUT2D eigenvalue weighted by Gasteiger charge is 2.15. The van der Waals surface area contributed by atoms with Crippen LogP contribution in [-0.4, -0.2) is 17.4 Å². The van der Waals surface area contributed by atoms with Crippen molar-refractivity contribution in [2.45, 2.75) is 20.4 Å². The molecule has 0 saturated heterocycles. The number of ether oxygens (including phenoxy) is 2. The molecule has 0 radical (unpaired) electrons. The van der Waals surface area contributed by atoms with Gasteiger partial charge in [0, 0.05) is 35.3 Å². The van der Waals surface area contributed by atoms with Crippen LogP contribution >= 0.6 is 0 Å². The summed E-state index contributed by atoms with van der Waals surface area (Å²) >= 11 is 0. The molecule has 1 aliphatic rings. The van der Waals surface area contributed by atoms with Gasteiger partial charge < -0.3 is 24.7 Å². The average Bonchev–Trinajstić information content (AvgIpc) is 3.13. The Labute approximate surface area is 161 Å². The van der Waals surface area contributed by atoms with Crippen LogP contribution in [0.15, 0.2) is 53.5 Å². The van der Waals surface area contributed by atoms with Gasteiger partial charge in [-0.25, -0.2) is 4.79 Å². The molecule has 2 N–H and O–H groups in total. The number of fused-ring (bicyclic) bond motifs is 2. The molecule has 4 rings (SSSR count). The van der Waals surface area contributed by atoms with Gasteiger partial charge in [0.05, 0.1) is 5.69 Å². The maximum atomic E-state index is 12.7. The van der Waals surface area contributed by atoms with E-state index in [9.17, 15) is 9.59 Å². The zero-order valence-electron chi connectivity index (χ0n) is 15.7. The molecule has 1 aliphatic heterocycles. The van der Waals surface area contributed by atoms with Crippen molar-refractivity contribution in [2.24, 2.45) is 5.92 Å². The van der Waals surface area contributed by atoms with E-state index >= 15 is 0 Å². The van der Waals surface area contributed by atoms with Crippen LogP contribution in [0.5, 0.6) is 11.5 Å². The molecule has 3 aromatic rings. The van der Waals surface area contributed by atoms with Crippen molar-refractivity contribution < 1.29 is 14.3 Å². The number of pyridine rings is 1. The standard InChI is InChI=1S/C21H21N3O4/c1-13(2)10-24-11-17(15-5-3-4-6-16(15)20(24)25)23-21(26)22-14-7-8-18-19(9-14)28-12-27-18/h3-9,11,13H,10,12H2,1-2H3,(H2,22,23,26). The Balaban J connectivity index is 1.62. The molecule has 0 atom stereocenters. The topological polar surface area (TPSA) is 81.6 Å². The van der Waals surface area contributed by atoms with E-state index in [4.69, 9.17) is 9.47 Å². The van der Waals surface area contributed by atoms with Gasteiger partial charge in [0.1, 0.15) is 0 Å². The van der Waals surface area contributed by atoms with Crippen molar-refractivity contribution in [2.75, 3.05) is 17.4 Å². The lowest BCUT2D eigenvalue weighted by atomic mass is 10.1. The minimum Gasteiger partial charge on any atom is -0.454 e. The average molecular weight is 379 g/mol. The number of benzene rings is 2. The Hall–Kier alpha value is -3.48. The minimum atomic E-state index is -0.404. The van der Waals surface area contributed by atoms with Gasteiger partial charge in [0.25, 0.3) is 5.56 Å². The minimum absolute atomic E-state index is 0.0639. The third-order valence-electron chi connectivity index (χ3n) is 4.43. The fraction of sp³-hybridized carbons (Fsp3) is 0.238. The van der Waals surface area contributed by atoms with Crippen LogP contribution in [-0.2, 0) is 6.54 Å². The predicted octanol–water partition coefficient (Wildman–Crippen LogP) is 4.03. The lowest BCUT2D eigenvalue weighted by Gasteiger charge is -2.15. The molecule has 2 aromatic carbocycles. The molecule has 7 nitrogen and oxygen atoms in total. The maximum absolute atomic E-state index is 12.7. The number of aromatic nitrogens is 1. The number of rotatable bonds is 4. The van der Waals surface area contributed by atoms with Gasteiger partial charge in [-0.05, 0) is 24.1 Å². The first-order chi connectivity index (χ1) is 13.5. The summed E-state index contributed by atoms with van der Waals surface area (Å²) in [5.41, 5.74) is 1.10. The van der Waals surface area contributed by atoms with Gasteiger partial charge in [0.15, 0.2) is 11.5 Å². The van der Waals surface area contributed by atoms with Gasteiger partial charge in [-0.15, -0.1) is 0 Å². The number of nitrogens with one attached hydrogen (secondary N) is 2. The number of amides is 2. The summed E-state index contributed by atoms with van der Waals surface area (Å²) in [6.07, 6.45) is 1.70. The molecule has 0 unspecified atom stereocenters. The Bertz CT molecular complexity index is 1100. The smallest absolute Gasteiger partial charge is 0.323 e. The number of carbonyl (C=O) groups excluding carboxylic acids is 1. The van der Waals surface area contributed by atoms with Crippen LogP contribution in [0.3, 0.4) is 0 Å². The Morgan fingerprint density at radius 1 is 1.07 bits per heavy atom. The summed E-state index contributed by atoms with van der Waals surface area (Å²) in [7, 11) is 0. The first-order valence-electron chi connectivity index (χ1n) is 9.11. The molecule has 0 saturated carbocycles. The summed E-state index contributed by atoms with van der Waals surface area (Å²) < 4.78 is 12.2. The summed E-state index contributed by atoms with van der Waals surface area (Å²) in [6, 6.07) is 12.1. The lowest BCUT2D eigenvalue weighted by molar-refractivity contribution is 0.174. The van der Waals surface area contributed by atoms with Crippen molar-refractivity contribution in [3.05, 3.63) is 59.0 Å². The van der Waals surface area contributed by atoms with E-state index in [2.05, 4.69) is 10.6 Å². The van der Waals surface area contributed by atoms with Crippen LogP contribution in [0.25, 0.3) is 10.8 Å². The molecule has 2 heterocycles. The molecule has 0 fully saturated rings. The number of urea groups is 1. The van der Waals surface area contributed by atoms with Crippen molar-refractivity contribution in [3.8, 4) is 11.5 Å². The molecule has 2 amide bonds. The first-order valence-corrected chi connectivity index (χ1v) is 9.11. The van der Waals surface area contributed by atoms with Gasteiger partial charge in [-0.3, -0.25) is 4.79 Å². The van der Waals surface area contributed by atoms with Crippen LogP contribution in [0, 0.1) is 5.92 Å². The second-order valence-corrected chi connectivity index (χ2v) is 7.09. The largest absolute Gasteiger partial charge is 0.454 e. The van der Waals surface area contributed by atoms with Gasteiger partial charge >= 0.3 is 6.03 Å². The molecule has 28 heavy (non-hydrogen) atoms. The van der Waals surface area contributed by atoms with E-state index in [1.807, 2.05) is 32.0 Å². The second-order valence-electron chi connectivity index (χ2n) is 7.09. The van der Waals surface area contributed by atoms with Gasteiger partial charge in [0.2, 0.25) is 6.79 Å². The maximum Gasteiger partial charge on any atom is 0.323 e. The highest BCUT2D eigenvalue weighted by molar-refractivity contribution is 6.05. The number of nitrogens with zero attached hydrogens (tertiary/aromatic N) is 1. The number of hydrogen-bond acceptors (Lipinski definition) is 4. The van der Waals surface area contributed by atoms with Crippen LogP contribution in [0.4, 0.5) is 16.2 Å². The fourth-order valence-corrected chi connectivity index (χ4v) is 3.23. The Kier molecular flexibility index (Phi) is 4.65. The lowest BCUT2D eigenvalue weighted by Crippen LogP contribution is -2.25. The fourth-order valence-electron chi connectivity index (χ4n) is 3.23. The molecule has 0 aliphatic carbocycles. The summed E-state index contributed by atoms with van der Waals surface area (Å²) in [5.74, 6) is 1.54. The molecule has 0 spiro atoms. The summed E-state index contributed by atoms with van der Waals surface area (Å²) in [5, 5.41) is 6.92. The molecule has 144 valence electrons. The van der Waals surface area contributed by atoms with Crippen LogP contribution in [0.1, 0.15) is 13.8 Å². The van der Waals surface area contributed by atoms with E-state index in [1.165, 1.54) is 0 Å². The van der Waals surface area contributed by atoms with E-state index in [0.29, 0.717) is 46.1 Å².